The van der Waals surface area contributed by atoms with Gasteiger partial charge in [-0.15, -0.1) is 0 Å². The Morgan fingerprint density at radius 3 is 2.81 bits per heavy atom. The Labute approximate surface area is 155 Å². The molecule has 0 atom stereocenters. The van der Waals surface area contributed by atoms with Gasteiger partial charge in [-0.05, 0) is 49.3 Å². The molecule has 0 spiro atoms. The second-order valence-corrected chi connectivity index (χ2v) is 8.12. The molecule has 2 aliphatic carbocycles. The minimum absolute atomic E-state index is 0.676. The summed E-state index contributed by atoms with van der Waals surface area (Å²) in [5.74, 6) is 2.22. The number of nitrogens with zero attached hydrogens (tertiary/aromatic N) is 2. The van der Waals surface area contributed by atoms with Gasteiger partial charge in [-0.2, -0.15) is 0 Å². The summed E-state index contributed by atoms with van der Waals surface area (Å²) in [6.07, 6.45) is 11.1. The number of aryl methyl sites for hydroxylation is 1. The van der Waals surface area contributed by atoms with Crippen LogP contribution in [0.4, 0.5) is 0 Å². The molecule has 4 nitrogen and oxygen atoms in total. The number of benzene rings is 1. The van der Waals surface area contributed by atoms with E-state index in [-0.39, 0.29) is 0 Å². The van der Waals surface area contributed by atoms with Gasteiger partial charge in [-0.25, -0.2) is 0 Å². The maximum atomic E-state index is 5.67. The molecule has 1 aliphatic heterocycles. The van der Waals surface area contributed by atoms with Gasteiger partial charge in [0, 0.05) is 37.5 Å². The second-order valence-electron chi connectivity index (χ2n) is 8.12. The summed E-state index contributed by atoms with van der Waals surface area (Å²) in [6.45, 7) is 2.76. The minimum atomic E-state index is 0.676. The number of ether oxygens (including phenoxy) is 1. The van der Waals surface area contributed by atoms with E-state index in [9.17, 15) is 0 Å². The first-order valence-corrected chi connectivity index (χ1v) is 10.3. The average molecular weight is 352 g/mol. The normalized spacial score (nSPS) is 19.6. The topological polar surface area (TPSA) is 38.5 Å². The zero-order valence-corrected chi connectivity index (χ0v) is 15.5. The molecule has 0 unspecified atom stereocenters. The molecule has 0 amide bonds. The van der Waals surface area contributed by atoms with Crippen LogP contribution in [-0.4, -0.2) is 22.7 Å². The minimum Gasteiger partial charge on any atom is -0.493 e. The van der Waals surface area contributed by atoms with E-state index in [0.717, 1.165) is 50.5 Å². The molecule has 5 rings (SSSR count). The standard InChI is InChI=1S/C22H28N2O2/c1-2-6-18(5-1)24(14-16-9-10-21-17(13-16)11-12-25-21)15-20-19-7-3-4-8-22(19)26-23-20/h9-10,13,18H,1-8,11-12,14-15H2. The van der Waals surface area contributed by atoms with Crippen molar-refractivity contribution in [2.75, 3.05) is 6.61 Å². The largest absolute Gasteiger partial charge is 0.493 e. The summed E-state index contributed by atoms with van der Waals surface area (Å²) in [5.41, 5.74) is 5.36. The lowest BCUT2D eigenvalue weighted by atomic mass is 9.96. The van der Waals surface area contributed by atoms with Crippen LogP contribution in [0.1, 0.15) is 66.7 Å². The Balaban J connectivity index is 1.38. The molecule has 0 bridgehead atoms. The van der Waals surface area contributed by atoms with Gasteiger partial charge in [-0.3, -0.25) is 4.90 Å². The van der Waals surface area contributed by atoms with Crippen LogP contribution in [0.5, 0.6) is 5.75 Å². The van der Waals surface area contributed by atoms with Crippen LogP contribution in [0.3, 0.4) is 0 Å². The van der Waals surface area contributed by atoms with Crippen molar-refractivity contribution >= 4 is 0 Å². The van der Waals surface area contributed by atoms with Crippen LogP contribution in [-0.2, 0) is 32.4 Å². The van der Waals surface area contributed by atoms with Gasteiger partial charge in [0.1, 0.15) is 17.2 Å². The van der Waals surface area contributed by atoms with E-state index < -0.39 is 0 Å². The van der Waals surface area contributed by atoms with Crippen LogP contribution < -0.4 is 4.74 Å². The van der Waals surface area contributed by atoms with Crippen molar-refractivity contribution < 1.29 is 9.26 Å². The SMILES string of the molecule is c1cc2c(cc1CN(Cc1noc3c1CCCC3)C1CCCC1)CCO2. The molecule has 4 heteroatoms. The molecule has 3 aliphatic rings. The molecule has 1 saturated carbocycles. The Morgan fingerprint density at radius 2 is 1.88 bits per heavy atom. The maximum absolute atomic E-state index is 5.67. The Bertz CT molecular complexity index is 776. The lowest BCUT2D eigenvalue weighted by molar-refractivity contribution is 0.175. The molecule has 138 valence electrons. The summed E-state index contributed by atoms with van der Waals surface area (Å²) in [4.78, 5) is 2.65. The molecule has 1 fully saturated rings. The van der Waals surface area contributed by atoms with Gasteiger partial charge in [0.05, 0.1) is 6.61 Å². The number of fused-ring (bicyclic) bond motifs is 2. The van der Waals surface area contributed by atoms with Crippen LogP contribution in [0.2, 0.25) is 0 Å². The third kappa shape index (κ3) is 3.16. The molecule has 0 radical (unpaired) electrons. The van der Waals surface area contributed by atoms with Gasteiger partial charge < -0.3 is 9.26 Å². The fraction of sp³-hybridized carbons (Fsp3) is 0.591. The smallest absolute Gasteiger partial charge is 0.140 e. The van der Waals surface area contributed by atoms with E-state index >= 15 is 0 Å². The number of hydrogen-bond acceptors (Lipinski definition) is 4. The summed E-state index contributed by atoms with van der Waals surface area (Å²) in [5, 5.41) is 4.47. The average Bonchev–Trinajstić information content (AvgIpc) is 3.42. The molecular formula is C22H28N2O2. The van der Waals surface area contributed by atoms with E-state index in [1.54, 1.807) is 0 Å². The predicted molar refractivity (Wildman–Crippen MR) is 100 cm³/mol. The van der Waals surface area contributed by atoms with Crippen LogP contribution in [0.15, 0.2) is 22.7 Å². The first-order chi connectivity index (χ1) is 12.9. The zero-order valence-electron chi connectivity index (χ0n) is 15.5. The lowest BCUT2D eigenvalue weighted by Gasteiger charge is -2.28. The predicted octanol–water partition coefficient (Wildman–Crippen LogP) is 4.43. The third-order valence-corrected chi connectivity index (χ3v) is 6.37. The Morgan fingerprint density at radius 1 is 1.00 bits per heavy atom. The van der Waals surface area contributed by atoms with Crippen molar-refractivity contribution in [2.45, 2.75) is 76.9 Å². The number of hydrogen-bond donors (Lipinski definition) is 0. The van der Waals surface area contributed by atoms with Crippen LogP contribution >= 0.6 is 0 Å². The highest BCUT2D eigenvalue weighted by Gasteiger charge is 2.27. The Kier molecular flexibility index (Phi) is 4.45. The fourth-order valence-electron chi connectivity index (χ4n) is 4.92. The molecule has 1 aromatic carbocycles. The number of rotatable bonds is 5. The molecular weight excluding hydrogens is 324 g/mol. The van der Waals surface area contributed by atoms with Crippen molar-refractivity contribution in [3.05, 3.63) is 46.3 Å². The van der Waals surface area contributed by atoms with E-state index in [0.29, 0.717) is 6.04 Å². The van der Waals surface area contributed by atoms with Gasteiger partial charge >= 0.3 is 0 Å². The molecule has 2 aromatic rings. The highest BCUT2D eigenvalue weighted by atomic mass is 16.5. The first-order valence-electron chi connectivity index (χ1n) is 10.3. The number of aromatic nitrogens is 1. The lowest BCUT2D eigenvalue weighted by Crippen LogP contribution is -2.32. The fourth-order valence-corrected chi connectivity index (χ4v) is 4.92. The maximum Gasteiger partial charge on any atom is 0.140 e. The quantitative estimate of drug-likeness (QED) is 0.798. The van der Waals surface area contributed by atoms with Gasteiger partial charge in [-0.1, -0.05) is 30.1 Å². The van der Waals surface area contributed by atoms with E-state index in [1.165, 1.54) is 60.9 Å². The molecule has 1 aromatic heterocycles. The third-order valence-electron chi connectivity index (χ3n) is 6.37. The van der Waals surface area contributed by atoms with Crippen LogP contribution in [0.25, 0.3) is 0 Å². The second kappa shape index (κ2) is 7.07. The highest BCUT2D eigenvalue weighted by molar-refractivity contribution is 5.39. The van der Waals surface area contributed by atoms with Crippen molar-refractivity contribution in [3.8, 4) is 5.75 Å². The van der Waals surface area contributed by atoms with E-state index in [2.05, 4.69) is 28.3 Å². The summed E-state index contributed by atoms with van der Waals surface area (Å²) in [7, 11) is 0. The molecule has 0 N–H and O–H groups in total. The van der Waals surface area contributed by atoms with Crippen molar-refractivity contribution in [2.24, 2.45) is 0 Å². The molecule has 0 saturated heterocycles. The Hall–Kier alpha value is -1.81. The molecule has 2 heterocycles. The van der Waals surface area contributed by atoms with E-state index in [4.69, 9.17) is 9.26 Å². The summed E-state index contributed by atoms with van der Waals surface area (Å²) < 4.78 is 11.3. The van der Waals surface area contributed by atoms with Gasteiger partial charge in [0.25, 0.3) is 0 Å². The highest BCUT2D eigenvalue weighted by Crippen LogP contribution is 2.31. The molecule has 26 heavy (non-hydrogen) atoms. The first kappa shape index (κ1) is 16.4. The van der Waals surface area contributed by atoms with Crippen molar-refractivity contribution in [1.29, 1.82) is 0 Å². The zero-order chi connectivity index (χ0) is 17.3. The van der Waals surface area contributed by atoms with Gasteiger partial charge in [0.2, 0.25) is 0 Å². The van der Waals surface area contributed by atoms with Crippen molar-refractivity contribution in [1.82, 2.24) is 10.1 Å². The van der Waals surface area contributed by atoms with Crippen molar-refractivity contribution in [3.63, 3.8) is 0 Å². The van der Waals surface area contributed by atoms with Crippen LogP contribution in [0, 0.1) is 0 Å². The monoisotopic (exact) mass is 352 g/mol. The summed E-state index contributed by atoms with van der Waals surface area (Å²) >= 11 is 0. The van der Waals surface area contributed by atoms with E-state index in [1.807, 2.05) is 0 Å². The summed E-state index contributed by atoms with van der Waals surface area (Å²) in [6, 6.07) is 7.42. The van der Waals surface area contributed by atoms with Gasteiger partial charge in [0.15, 0.2) is 0 Å².